The third-order valence-corrected chi connectivity index (χ3v) is 2.77. The first-order valence-corrected chi connectivity index (χ1v) is 6.30. The first kappa shape index (κ1) is 14.5. The number of benzene rings is 1. The smallest absolute Gasteiger partial charge is 0.258 e. The van der Waals surface area contributed by atoms with Crippen LogP contribution in [0.25, 0.3) is 0 Å². The zero-order valence-electron chi connectivity index (χ0n) is 11.3. The summed E-state index contributed by atoms with van der Waals surface area (Å²) in [6, 6.07) is 7.64. The van der Waals surface area contributed by atoms with Gasteiger partial charge >= 0.3 is 0 Å². The van der Waals surface area contributed by atoms with Gasteiger partial charge in [-0.25, -0.2) is 0 Å². The van der Waals surface area contributed by atoms with Gasteiger partial charge in [0.15, 0.2) is 6.61 Å². The summed E-state index contributed by atoms with van der Waals surface area (Å²) in [5.41, 5.74) is 6.78. The number of ether oxygens (including phenoxy) is 1. The molecule has 0 radical (unpaired) electrons. The van der Waals surface area contributed by atoms with Crippen molar-refractivity contribution < 1.29 is 9.53 Å². The fraction of sp³-hybridized carbons (Fsp3) is 0.500. The summed E-state index contributed by atoms with van der Waals surface area (Å²) in [6.45, 7) is 5.94. The minimum absolute atomic E-state index is 0.0345. The normalized spacial score (nSPS) is 13.8. The summed E-state index contributed by atoms with van der Waals surface area (Å²) < 4.78 is 5.44. The van der Waals surface area contributed by atoms with E-state index in [0.29, 0.717) is 5.75 Å². The minimum atomic E-state index is -0.101. The number of carbonyl (C=O) groups excluding carboxylic acids is 1. The third-order valence-electron chi connectivity index (χ3n) is 2.77. The van der Waals surface area contributed by atoms with Crippen molar-refractivity contribution in [2.24, 2.45) is 5.73 Å². The van der Waals surface area contributed by atoms with Crippen LogP contribution in [0.5, 0.6) is 5.75 Å². The largest absolute Gasteiger partial charge is 0.484 e. The molecule has 0 bridgehead atoms. The molecule has 0 saturated heterocycles. The van der Waals surface area contributed by atoms with Crippen LogP contribution in [0.15, 0.2) is 24.3 Å². The number of nitrogens with one attached hydrogen (secondary N) is 1. The van der Waals surface area contributed by atoms with Crippen molar-refractivity contribution in [2.45, 2.75) is 39.3 Å². The average molecular weight is 250 g/mol. The molecule has 1 amide bonds. The van der Waals surface area contributed by atoms with Gasteiger partial charge < -0.3 is 15.8 Å². The molecule has 3 N–H and O–H groups in total. The number of amides is 1. The van der Waals surface area contributed by atoms with Gasteiger partial charge in [0.25, 0.3) is 5.91 Å². The summed E-state index contributed by atoms with van der Waals surface area (Å²) >= 11 is 0. The van der Waals surface area contributed by atoms with E-state index in [1.54, 1.807) is 0 Å². The SMILES string of the molecule is CCC(C)NC(=O)COc1cccc([C@@H](C)N)c1. The maximum Gasteiger partial charge on any atom is 0.258 e. The molecule has 100 valence electrons. The fourth-order valence-electron chi connectivity index (χ4n) is 1.45. The molecule has 0 aliphatic rings. The van der Waals surface area contributed by atoms with E-state index in [1.807, 2.05) is 45.0 Å². The summed E-state index contributed by atoms with van der Waals surface area (Å²) in [7, 11) is 0. The molecular formula is C14H22N2O2. The molecule has 4 heteroatoms. The molecule has 1 rings (SSSR count). The van der Waals surface area contributed by atoms with Crippen LogP contribution in [-0.2, 0) is 4.79 Å². The molecular weight excluding hydrogens is 228 g/mol. The lowest BCUT2D eigenvalue weighted by atomic mass is 10.1. The Morgan fingerprint density at radius 3 is 2.78 bits per heavy atom. The van der Waals surface area contributed by atoms with Gasteiger partial charge in [-0.2, -0.15) is 0 Å². The number of rotatable bonds is 6. The second-order valence-electron chi connectivity index (χ2n) is 4.53. The van der Waals surface area contributed by atoms with Gasteiger partial charge in [0.05, 0.1) is 0 Å². The monoisotopic (exact) mass is 250 g/mol. The van der Waals surface area contributed by atoms with E-state index in [2.05, 4.69) is 5.32 Å². The molecule has 0 aliphatic carbocycles. The van der Waals surface area contributed by atoms with Gasteiger partial charge in [-0.05, 0) is 38.0 Å². The summed E-state index contributed by atoms with van der Waals surface area (Å²) in [6.07, 6.45) is 0.909. The average Bonchev–Trinajstić information content (AvgIpc) is 2.36. The maximum absolute atomic E-state index is 11.5. The van der Waals surface area contributed by atoms with Crippen LogP contribution in [0, 0.1) is 0 Å². The molecule has 4 nitrogen and oxygen atoms in total. The van der Waals surface area contributed by atoms with Crippen molar-refractivity contribution in [3.05, 3.63) is 29.8 Å². The van der Waals surface area contributed by atoms with Crippen molar-refractivity contribution in [2.75, 3.05) is 6.61 Å². The van der Waals surface area contributed by atoms with E-state index in [-0.39, 0.29) is 24.6 Å². The molecule has 18 heavy (non-hydrogen) atoms. The van der Waals surface area contributed by atoms with Gasteiger partial charge in [0, 0.05) is 12.1 Å². The number of hydrogen-bond acceptors (Lipinski definition) is 3. The van der Waals surface area contributed by atoms with Crippen LogP contribution in [0.4, 0.5) is 0 Å². The Kier molecular flexibility index (Phi) is 5.65. The van der Waals surface area contributed by atoms with Crippen LogP contribution in [0.1, 0.15) is 38.8 Å². The zero-order chi connectivity index (χ0) is 13.5. The van der Waals surface area contributed by atoms with Gasteiger partial charge in [0.1, 0.15) is 5.75 Å². The predicted molar refractivity (Wildman–Crippen MR) is 72.4 cm³/mol. The molecule has 0 saturated carbocycles. The van der Waals surface area contributed by atoms with Crippen LogP contribution in [0.2, 0.25) is 0 Å². The van der Waals surface area contributed by atoms with Gasteiger partial charge in [0.2, 0.25) is 0 Å². The lowest BCUT2D eigenvalue weighted by Crippen LogP contribution is -2.35. The van der Waals surface area contributed by atoms with Crippen molar-refractivity contribution >= 4 is 5.91 Å². The molecule has 0 heterocycles. The lowest BCUT2D eigenvalue weighted by Gasteiger charge is -2.13. The van der Waals surface area contributed by atoms with Gasteiger partial charge in [-0.3, -0.25) is 4.79 Å². The van der Waals surface area contributed by atoms with Crippen LogP contribution in [0.3, 0.4) is 0 Å². The van der Waals surface area contributed by atoms with Gasteiger partial charge in [-0.15, -0.1) is 0 Å². The van der Waals surface area contributed by atoms with E-state index in [9.17, 15) is 4.79 Å². The number of hydrogen-bond donors (Lipinski definition) is 2. The first-order valence-electron chi connectivity index (χ1n) is 6.30. The molecule has 0 aromatic heterocycles. The fourth-order valence-corrected chi connectivity index (χ4v) is 1.45. The molecule has 2 atom stereocenters. The number of nitrogens with two attached hydrogens (primary N) is 1. The van der Waals surface area contributed by atoms with E-state index in [1.165, 1.54) is 0 Å². The highest BCUT2D eigenvalue weighted by Crippen LogP contribution is 2.17. The van der Waals surface area contributed by atoms with Crippen LogP contribution < -0.4 is 15.8 Å². The lowest BCUT2D eigenvalue weighted by molar-refractivity contribution is -0.123. The van der Waals surface area contributed by atoms with E-state index < -0.39 is 0 Å². The molecule has 1 unspecified atom stereocenters. The third kappa shape index (κ3) is 4.75. The van der Waals surface area contributed by atoms with Crippen LogP contribution >= 0.6 is 0 Å². The Bertz CT molecular complexity index is 391. The molecule has 0 aliphatic heterocycles. The minimum Gasteiger partial charge on any atom is -0.484 e. The van der Waals surface area contributed by atoms with Crippen molar-refractivity contribution in [1.82, 2.24) is 5.32 Å². The molecule has 0 fully saturated rings. The second kappa shape index (κ2) is 7.01. The standard InChI is InChI=1S/C14H22N2O2/c1-4-10(2)16-14(17)9-18-13-7-5-6-12(8-13)11(3)15/h5-8,10-11H,4,9,15H2,1-3H3,(H,16,17)/t10?,11-/m1/s1. The van der Waals surface area contributed by atoms with Crippen molar-refractivity contribution in [1.29, 1.82) is 0 Å². The molecule has 1 aromatic carbocycles. The summed E-state index contributed by atoms with van der Waals surface area (Å²) in [5, 5.41) is 2.85. The van der Waals surface area contributed by atoms with Crippen molar-refractivity contribution in [3.8, 4) is 5.75 Å². The highest BCUT2D eigenvalue weighted by Gasteiger charge is 2.07. The van der Waals surface area contributed by atoms with E-state index in [0.717, 1.165) is 12.0 Å². The summed E-state index contributed by atoms with van der Waals surface area (Å²) in [4.78, 5) is 11.5. The Hall–Kier alpha value is -1.55. The summed E-state index contributed by atoms with van der Waals surface area (Å²) in [5.74, 6) is 0.569. The Labute approximate surface area is 109 Å². The quantitative estimate of drug-likeness (QED) is 0.811. The molecule has 1 aromatic rings. The van der Waals surface area contributed by atoms with E-state index in [4.69, 9.17) is 10.5 Å². The number of carbonyl (C=O) groups is 1. The van der Waals surface area contributed by atoms with Crippen LogP contribution in [-0.4, -0.2) is 18.6 Å². The topological polar surface area (TPSA) is 64.3 Å². The first-order chi connectivity index (χ1) is 8.52. The Morgan fingerprint density at radius 2 is 2.17 bits per heavy atom. The zero-order valence-corrected chi connectivity index (χ0v) is 11.3. The molecule has 0 spiro atoms. The van der Waals surface area contributed by atoms with E-state index >= 15 is 0 Å². The Balaban J connectivity index is 2.48. The highest BCUT2D eigenvalue weighted by molar-refractivity contribution is 5.77. The second-order valence-corrected chi connectivity index (χ2v) is 4.53. The van der Waals surface area contributed by atoms with Crippen molar-refractivity contribution in [3.63, 3.8) is 0 Å². The maximum atomic E-state index is 11.5. The predicted octanol–water partition coefficient (Wildman–Crippen LogP) is 2.00. The Morgan fingerprint density at radius 1 is 1.44 bits per heavy atom. The van der Waals surface area contributed by atoms with Gasteiger partial charge in [-0.1, -0.05) is 19.1 Å². The highest BCUT2D eigenvalue weighted by atomic mass is 16.5.